The van der Waals surface area contributed by atoms with Crippen molar-refractivity contribution in [1.29, 1.82) is 0 Å². The molecule has 1 aromatic rings. The predicted molar refractivity (Wildman–Crippen MR) is 63.7 cm³/mol. The smallest absolute Gasteiger partial charge is 0.391 e. The number of alkyl halides is 3. The highest BCUT2D eigenvalue weighted by molar-refractivity contribution is 5.03. The Labute approximate surface area is 114 Å². The van der Waals surface area contributed by atoms with Gasteiger partial charge in [0, 0.05) is 19.1 Å². The predicted octanol–water partition coefficient (Wildman–Crippen LogP) is 1.42. The number of aromatic nitrogens is 3. The van der Waals surface area contributed by atoms with Gasteiger partial charge in [-0.05, 0) is 12.8 Å². The van der Waals surface area contributed by atoms with Crippen LogP contribution in [0.2, 0.25) is 0 Å². The van der Waals surface area contributed by atoms with Gasteiger partial charge in [-0.15, -0.1) is 10.2 Å². The molecule has 0 saturated heterocycles. The van der Waals surface area contributed by atoms with E-state index in [4.69, 9.17) is 0 Å². The van der Waals surface area contributed by atoms with Crippen LogP contribution in [0.15, 0.2) is 0 Å². The van der Waals surface area contributed by atoms with Crippen LogP contribution >= 0.6 is 0 Å². The van der Waals surface area contributed by atoms with Gasteiger partial charge in [0.05, 0.1) is 12.6 Å². The van der Waals surface area contributed by atoms with Gasteiger partial charge in [0.15, 0.2) is 0 Å². The van der Waals surface area contributed by atoms with Gasteiger partial charge in [0.1, 0.15) is 5.82 Å². The number of halogens is 3. The summed E-state index contributed by atoms with van der Waals surface area (Å²) in [4.78, 5) is 2.04. The molecule has 5 nitrogen and oxygen atoms in total. The molecule has 8 heteroatoms. The number of hydrogen-bond acceptors (Lipinski definition) is 4. The Morgan fingerprint density at radius 1 is 1.10 bits per heavy atom. The van der Waals surface area contributed by atoms with Crippen molar-refractivity contribution in [2.24, 2.45) is 0 Å². The molecule has 1 aliphatic carbocycles. The Bertz CT molecular complexity index is 488. The van der Waals surface area contributed by atoms with Gasteiger partial charge >= 0.3 is 6.18 Å². The average Bonchev–Trinajstić information content (AvgIpc) is 2.82. The molecule has 0 bridgehead atoms. The van der Waals surface area contributed by atoms with Crippen molar-refractivity contribution in [1.82, 2.24) is 19.7 Å². The summed E-state index contributed by atoms with van der Waals surface area (Å²) in [5.41, 5.74) is 0. The van der Waals surface area contributed by atoms with E-state index in [2.05, 4.69) is 10.2 Å². The lowest BCUT2D eigenvalue weighted by Gasteiger charge is -2.39. The summed E-state index contributed by atoms with van der Waals surface area (Å²) < 4.78 is 39.4. The second-order valence-corrected chi connectivity index (χ2v) is 5.48. The Morgan fingerprint density at radius 3 is 2.55 bits per heavy atom. The monoisotopic (exact) mass is 290 g/mol. The molecule has 0 amide bonds. The van der Waals surface area contributed by atoms with Crippen molar-refractivity contribution in [3.63, 3.8) is 0 Å². The largest absolute Gasteiger partial charge is 0.451 e. The minimum atomic E-state index is -4.46. The molecule has 112 valence electrons. The molecule has 0 radical (unpaired) electrons. The minimum absolute atomic E-state index is 0.0311. The van der Waals surface area contributed by atoms with Gasteiger partial charge in [0.2, 0.25) is 5.82 Å². The summed E-state index contributed by atoms with van der Waals surface area (Å²) in [6.07, 6.45) is -1.13. The number of rotatable bonds is 1. The summed E-state index contributed by atoms with van der Waals surface area (Å²) >= 11 is 0. The lowest BCUT2D eigenvalue weighted by atomic mass is 9.91. The molecule has 2 aliphatic rings. The summed E-state index contributed by atoms with van der Waals surface area (Å²) in [7, 11) is 0. The van der Waals surface area contributed by atoms with Gasteiger partial charge in [-0.25, -0.2) is 0 Å². The molecule has 1 aliphatic heterocycles. The first-order valence-electron chi connectivity index (χ1n) is 6.88. The molecule has 1 saturated carbocycles. The summed E-state index contributed by atoms with van der Waals surface area (Å²) in [6, 6.07) is 0.0311. The van der Waals surface area contributed by atoms with Gasteiger partial charge in [-0.2, -0.15) is 13.2 Å². The van der Waals surface area contributed by atoms with Crippen molar-refractivity contribution >= 4 is 0 Å². The highest BCUT2D eigenvalue weighted by atomic mass is 19.4. The third-order valence-electron chi connectivity index (χ3n) is 4.20. The average molecular weight is 290 g/mol. The maximum Gasteiger partial charge on any atom is 0.451 e. The van der Waals surface area contributed by atoms with Crippen molar-refractivity contribution in [2.75, 3.05) is 6.54 Å². The SMILES string of the molecule is O[C@@H]1CCCC[C@H]1N1CCn2c(nnc2C(F)(F)F)C1. The zero-order valence-electron chi connectivity index (χ0n) is 11.0. The lowest BCUT2D eigenvalue weighted by molar-refractivity contribution is -0.148. The second kappa shape index (κ2) is 5.00. The zero-order valence-corrected chi connectivity index (χ0v) is 11.0. The van der Waals surface area contributed by atoms with Gasteiger partial charge in [-0.1, -0.05) is 12.8 Å². The van der Waals surface area contributed by atoms with Gasteiger partial charge < -0.3 is 9.67 Å². The zero-order chi connectivity index (χ0) is 14.3. The van der Waals surface area contributed by atoms with E-state index in [0.717, 1.165) is 30.3 Å². The van der Waals surface area contributed by atoms with E-state index in [9.17, 15) is 18.3 Å². The van der Waals surface area contributed by atoms with E-state index in [0.29, 0.717) is 18.9 Å². The maximum atomic E-state index is 12.7. The van der Waals surface area contributed by atoms with Gasteiger partial charge in [-0.3, -0.25) is 4.90 Å². The first kappa shape index (κ1) is 13.8. The number of nitrogens with zero attached hydrogens (tertiary/aromatic N) is 4. The molecule has 2 atom stereocenters. The molecule has 20 heavy (non-hydrogen) atoms. The van der Waals surface area contributed by atoms with Crippen LogP contribution in [0.5, 0.6) is 0 Å². The van der Waals surface area contributed by atoms with Gasteiger partial charge in [0.25, 0.3) is 0 Å². The van der Waals surface area contributed by atoms with Crippen LogP contribution in [0.1, 0.15) is 37.3 Å². The third kappa shape index (κ3) is 2.42. The van der Waals surface area contributed by atoms with E-state index in [1.54, 1.807) is 0 Å². The Balaban J connectivity index is 1.78. The molecule has 2 heterocycles. The number of aliphatic hydroxyl groups is 1. The van der Waals surface area contributed by atoms with E-state index in [1.807, 2.05) is 4.90 Å². The number of hydrogen-bond donors (Lipinski definition) is 1. The van der Waals surface area contributed by atoms with Crippen LogP contribution in [0, 0.1) is 0 Å². The highest BCUT2D eigenvalue weighted by Crippen LogP contribution is 2.31. The molecular weight excluding hydrogens is 273 g/mol. The fourth-order valence-electron chi connectivity index (χ4n) is 3.19. The summed E-state index contributed by atoms with van der Waals surface area (Å²) in [6.45, 7) is 1.04. The topological polar surface area (TPSA) is 54.2 Å². The van der Waals surface area contributed by atoms with Crippen LogP contribution < -0.4 is 0 Å². The molecule has 1 N–H and O–H groups in total. The molecule has 0 unspecified atom stereocenters. The second-order valence-electron chi connectivity index (χ2n) is 5.48. The van der Waals surface area contributed by atoms with E-state index >= 15 is 0 Å². The van der Waals surface area contributed by atoms with Crippen molar-refractivity contribution < 1.29 is 18.3 Å². The van der Waals surface area contributed by atoms with Crippen molar-refractivity contribution in [3.05, 3.63) is 11.6 Å². The Hall–Kier alpha value is -1.15. The first-order chi connectivity index (χ1) is 9.47. The van der Waals surface area contributed by atoms with Crippen LogP contribution in [-0.4, -0.2) is 43.5 Å². The highest BCUT2D eigenvalue weighted by Gasteiger charge is 2.40. The van der Waals surface area contributed by atoms with Crippen LogP contribution in [0.3, 0.4) is 0 Å². The normalized spacial score (nSPS) is 28.4. The van der Waals surface area contributed by atoms with E-state index in [-0.39, 0.29) is 18.7 Å². The number of aliphatic hydroxyl groups excluding tert-OH is 1. The minimum Gasteiger partial charge on any atom is -0.391 e. The molecule has 0 spiro atoms. The fourth-order valence-corrected chi connectivity index (χ4v) is 3.19. The van der Waals surface area contributed by atoms with Crippen LogP contribution in [0.25, 0.3) is 0 Å². The van der Waals surface area contributed by atoms with Crippen molar-refractivity contribution in [2.45, 2.75) is 57.1 Å². The van der Waals surface area contributed by atoms with Crippen LogP contribution in [0.4, 0.5) is 13.2 Å². The third-order valence-corrected chi connectivity index (χ3v) is 4.20. The quantitative estimate of drug-likeness (QED) is 0.850. The fraction of sp³-hybridized carbons (Fsp3) is 0.833. The Morgan fingerprint density at radius 2 is 1.85 bits per heavy atom. The summed E-state index contributed by atoms with van der Waals surface area (Å²) in [5, 5.41) is 17.0. The van der Waals surface area contributed by atoms with Crippen LogP contribution in [-0.2, 0) is 19.3 Å². The lowest BCUT2D eigenvalue weighted by Crippen LogP contribution is -2.48. The number of fused-ring (bicyclic) bond motifs is 1. The maximum absolute atomic E-state index is 12.7. The standard InChI is InChI=1S/C12H17F3N4O/c13-12(14,15)11-17-16-10-7-18(5-6-19(10)11)8-3-1-2-4-9(8)20/h8-9,20H,1-7H2/t8-,9-/m1/s1. The molecular formula is C12H17F3N4O. The Kier molecular flexibility index (Phi) is 3.45. The summed E-state index contributed by atoms with van der Waals surface area (Å²) in [5.74, 6) is -0.585. The molecule has 0 aromatic carbocycles. The van der Waals surface area contributed by atoms with E-state index in [1.165, 1.54) is 0 Å². The van der Waals surface area contributed by atoms with E-state index < -0.39 is 12.0 Å². The molecule has 3 rings (SSSR count). The molecule has 1 fully saturated rings. The molecule has 1 aromatic heterocycles. The first-order valence-corrected chi connectivity index (χ1v) is 6.88. The van der Waals surface area contributed by atoms with Crippen molar-refractivity contribution in [3.8, 4) is 0 Å².